The Morgan fingerprint density at radius 3 is 2.46 bits per heavy atom. The fourth-order valence-electron chi connectivity index (χ4n) is 2.04. The molecule has 0 radical (unpaired) electrons. The van der Waals surface area contributed by atoms with Crippen LogP contribution in [0.4, 0.5) is 13.2 Å². The SMILES string of the molecule is CN=C(NCc1cccc(C(F)(F)F)c1)NCc1ccc(C(N)=O)o1.I. The molecule has 0 bridgehead atoms. The first-order valence-corrected chi connectivity index (χ1v) is 7.29. The monoisotopic (exact) mass is 482 g/mol. The summed E-state index contributed by atoms with van der Waals surface area (Å²) in [6, 6.07) is 8.08. The van der Waals surface area contributed by atoms with Crippen LogP contribution in [-0.2, 0) is 19.3 Å². The van der Waals surface area contributed by atoms with Crippen LogP contribution in [0, 0.1) is 0 Å². The molecule has 0 unspecified atom stereocenters. The van der Waals surface area contributed by atoms with Gasteiger partial charge in [-0.1, -0.05) is 12.1 Å². The maximum absolute atomic E-state index is 12.7. The molecular weight excluding hydrogens is 464 g/mol. The molecule has 1 heterocycles. The lowest BCUT2D eigenvalue weighted by Gasteiger charge is -2.12. The number of carbonyl (C=O) groups excluding carboxylic acids is 1. The summed E-state index contributed by atoms with van der Waals surface area (Å²) >= 11 is 0. The van der Waals surface area contributed by atoms with Crippen LogP contribution in [0.5, 0.6) is 0 Å². The number of alkyl halides is 3. The first-order valence-electron chi connectivity index (χ1n) is 7.29. The van der Waals surface area contributed by atoms with Crippen molar-refractivity contribution in [2.24, 2.45) is 10.7 Å². The summed E-state index contributed by atoms with van der Waals surface area (Å²) in [7, 11) is 1.53. The van der Waals surface area contributed by atoms with Crippen LogP contribution >= 0.6 is 24.0 Å². The Morgan fingerprint density at radius 1 is 1.19 bits per heavy atom. The first-order chi connectivity index (χ1) is 11.8. The van der Waals surface area contributed by atoms with Gasteiger partial charge in [0.2, 0.25) is 0 Å². The zero-order valence-corrected chi connectivity index (χ0v) is 16.1. The Kier molecular flexibility index (Phi) is 7.93. The van der Waals surface area contributed by atoms with E-state index in [0.29, 0.717) is 17.3 Å². The minimum atomic E-state index is -4.38. The number of rotatable bonds is 5. The van der Waals surface area contributed by atoms with Crippen molar-refractivity contribution >= 4 is 35.8 Å². The molecule has 1 amide bonds. The minimum Gasteiger partial charge on any atom is -0.454 e. The number of nitrogens with zero attached hydrogens (tertiary/aromatic N) is 1. The highest BCUT2D eigenvalue weighted by molar-refractivity contribution is 14.0. The Labute approximate surface area is 165 Å². The van der Waals surface area contributed by atoms with Gasteiger partial charge in [-0.25, -0.2) is 0 Å². The number of guanidine groups is 1. The summed E-state index contributed by atoms with van der Waals surface area (Å²) in [6.45, 7) is 0.393. The van der Waals surface area contributed by atoms with Gasteiger partial charge in [-0.2, -0.15) is 13.2 Å². The number of nitrogens with one attached hydrogen (secondary N) is 2. The Morgan fingerprint density at radius 2 is 1.88 bits per heavy atom. The average molecular weight is 482 g/mol. The fraction of sp³-hybridized carbons (Fsp3) is 0.250. The number of furan rings is 1. The van der Waals surface area contributed by atoms with Crippen molar-refractivity contribution < 1.29 is 22.4 Å². The Bertz CT molecular complexity index is 775. The zero-order chi connectivity index (χ0) is 18.4. The molecule has 2 rings (SSSR count). The van der Waals surface area contributed by atoms with Crippen LogP contribution < -0.4 is 16.4 Å². The molecule has 0 aliphatic carbocycles. The number of carbonyl (C=O) groups is 1. The van der Waals surface area contributed by atoms with Crippen molar-refractivity contribution in [2.45, 2.75) is 19.3 Å². The molecule has 10 heteroatoms. The highest BCUT2D eigenvalue weighted by atomic mass is 127. The molecule has 0 spiro atoms. The van der Waals surface area contributed by atoms with Crippen molar-refractivity contribution in [3.8, 4) is 0 Å². The second kappa shape index (κ2) is 9.46. The minimum absolute atomic E-state index is 0. The third kappa shape index (κ3) is 6.24. The number of nitrogens with two attached hydrogens (primary N) is 1. The highest BCUT2D eigenvalue weighted by Crippen LogP contribution is 2.29. The Hall–Kier alpha value is -2.24. The molecule has 2 aromatic rings. The van der Waals surface area contributed by atoms with E-state index < -0.39 is 17.6 Å². The number of benzene rings is 1. The number of halogens is 4. The highest BCUT2D eigenvalue weighted by Gasteiger charge is 2.30. The average Bonchev–Trinajstić information content (AvgIpc) is 3.04. The van der Waals surface area contributed by atoms with E-state index in [2.05, 4.69) is 15.6 Å². The van der Waals surface area contributed by atoms with E-state index in [9.17, 15) is 18.0 Å². The molecule has 0 aliphatic rings. The van der Waals surface area contributed by atoms with Crippen LogP contribution in [0.1, 0.15) is 27.4 Å². The van der Waals surface area contributed by atoms with E-state index in [4.69, 9.17) is 10.2 Å². The van der Waals surface area contributed by atoms with Gasteiger partial charge in [0.05, 0.1) is 12.1 Å². The van der Waals surface area contributed by atoms with Gasteiger partial charge >= 0.3 is 6.18 Å². The van der Waals surface area contributed by atoms with Crippen LogP contribution in [-0.4, -0.2) is 18.9 Å². The van der Waals surface area contributed by atoms with Gasteiger partial charge in [0.25, 0.3) is 5.91 Å². The van der Waals surface area contributed by atoms with E-state index in [1.54, 1.807) is 12.1 Å². The van der Waals surface area contributed by atoms with Crippen molar-refractivity contribution in [1.82, 2.24) is 10.6 Å². The maximum atomic E-state index is 12.7. The van der Waals surface area contributed by atoms with Gasteiger partial charge in [0.1, 0.15) is 5.76 Å². The summed E-state index contributed by atoms with van der Waals surface area (Å²) < 4.78 is 43.3. The normalized spacial score (nSPS) is 11.6. The lowest BCUT2D eigenvalue weighted by atomic mass is 10.1. The molecule has 1 aromatic carbocycles. The molecule has 4 N–H and O–H groups in total. The van der Waals surface area contributed by atoms with Crippen LogP contribution in [0.15, 0.2) is 45.8 Å². The zero-order valence-electron chi connectivity index (χ0n) is 13.8. The second-order valence-corrected chi connectivity index (χ2v) is 5.11. The first kappa shape index (κ1) is 21.8. The standard InChI is InChI=1S/C16H17F3N4O2.HI/c1-21-15(23-9-12-5-6-13(25-12)14(20)24)22-8-10-3-2-4-11(7-10)16(17,18)19;/h2-7H,8-9H2,1H3,(H2,20,24)(H2,21,22,23);1H. The number of aliphatic imine (C=N–C) groups is 1. The summed E-state index contributed by atoms with van der Waals surface area (Å²) in [5.74, 6) is 0.215. The van der Waals surface area contributed by atoms with Gasteiger partial charge in [0, 0.05) is 13.6 Å². The number of primary amides is 1. The van der Waals surface area contributed by atoms with Crippen molar-refractivity contribution in [3.05, 3.63) is 59.0 Å². The summed E-state index contributed by atoms with van der Waals surface area (Å²) in [6.07, 6.45) is -4.38. The van der Waals surface area contributed by atoms with Gasteiger partial charge in [-0.05, 0) is 29.8 Å². The molecule has 0 saturated heterocycles. The quantitative estimate of drug-likeness (QED) is 0.347. The molecule has 142 valence electrons. The van der Waals surface area contributed by atoms with Crippen molar-refractivity contribution in [2.75, 3.05) is 7.05 Å². The van der Waals surface area contributed by atoms with Gasteiger partial charge < -0.3 is 20.8 Å². The largest absolute Gasteiger partial charge is 0.454 e. The molecule has 0 atom stereocenters. The van der Waals surface area contributed by atoms with Crippen LogP contribution in [0.2, 0.25) is 0 Å². The molecule has 0 fully saturated rings. The molecule has 0 aliphatic heterocycles. The van der Waals surface area contributed by atoms with Gasteiger partial charge in [-0.15, -0.1) is 24.0 Å². The maximum Gasteiger partial charge on any atom is 0.416 e. The molecule has 26 heavy (non-hydrogen) atoms. The molecule has 1 aromatic heterocycles. The van der Waals surface area contributed by atoms with E-state index in [-0.39, 0.29) is 42.8 Å². The topological polar surface area (TPSA) is 92.6 Å². The van der Waals surface area contributed by atoms with Crippen molar-refractivity contribution in [3.63, 3.8) is 0 Å². The van der Waals surface area contributed by atoms with E-state index in [1.807, 2.05) is 0 Å². The van der Waals surface area contributed by atoms with Gasteiger partial charge in [-0.3, -0.25) is 9.79 Å². The van der Waals surface area contributed by atoms with Crippen molar-refractivity contribution in [1.29, 1.82) is 0 Å². The Balaban J connectivity index is 0.00000338. The summed E-state index contributed by atoms with van der Waals surface area (Å²) in [5.41, 5.74) is 4.86. The predicted molar refractivity (Wildman–Crippen MR) is 101 cm³/mol. The number of amides is 1. The summed E-state index contributed by atoms with van der Waals surface area (Å²) in [5, 5.41) is 5.83. The second-order valence-electron chi connectivity index (χ2n) is 5.11. The van der Waals surface area contributed by atoms with Gasteiger partial charge in [0.15, 0.2) is 11.7 Å². The number of hydrogen-bond donors (Lipinski definition) is 3. The van der Waals surface area contributed by atoms with Crippen LogP contribution in [0.25, 0.3) is 0 Å². The fourth-order valence-corrected chi connectivity index (χ4v) is 2.04. The van der Waals surface area contributed by atoms with Crippen LogP contribution in [0.3, 0.4) is 0 Å². The molecule has 0 saturated carbocycles. The van der Waals surface area contributed by atoms with E-state index in [1.165, 1.54) is 19.2 Å². The number of hydrogen-bond acceptors (Lipinski definition) is 3. The summed E-state index contributed by atoms with van der Waals surface area (Å²) in [4.78, 5) is 14.9. The predicted octanol–water partition coefficient (Wildman–Crippen LogP) is 2.88. The smallest absolute Gasteiger partial charge is 0.416 e. The lowest BCUT2D eigenvalue weighted by Crippen LogP contribution is -2.36. The lowest BCUT2D eigenvalue weighted by molar-refractivity contribution is -0.137. The van der Waals surface area contributed by atoms with E-state index >= 15 is 0 Å². The third-order valence-corrected chi connectivity index (χ3v) is 3.27. The van der Waals surface area contributed by atoms with E-state index in [0.717, 1.165) is 12.1 Å². The third-order valence-electron chi connectivity index (χ3n) is 3.27. The molecular formula is C16H18F3IN4O2. The molecule has 6 nitrogen and oxygen atoms in total.